The molecule has 1 aromatic carbocycles. The van der Waals surface area contributed by atoms with Crippen molar-refractivity contribution in [3.63, 3.8) is 0 Å². The second kappa shape index (κ2) is 9.73. The van der Waals surface area contributed by atoms with Crippen LogP contribution in [0.15, 0.2) is 30.5 Å². The predicted molar refractivity (Wildman–Crippen MR) is 133 cm³/mol. The van der Waals surface area contributed by atoms with Crippen molar-refractivity contribution in [1.29, 1.82) is 0 Å². The first-order valence-electron chi connectivity index (χ1n) is 11.6. The average Bonchev–Trinajstić information content (AvgIpc) is 3.47. The van der Waals surface area contributed by atoms with Gasteiger partial charge in [0.25, 0.3) is 11.8 Å². The van der Waals surface area contributed by atoms with Crippen LogP contribution in [0, 0.1) is 0 Å². The molecule has 1 aliphatic heterocycles. The van der Waals surface area contributed by atoms with E-state index in [1.807, 2.05) is 26.0 Å². The van der Waals surface area contributed by atoms with Crippen LogP contribution in [0.5, 0.6) is 0 Å². The Labute approximate surface area is 211 Å². The summed E-state index contributed by atoms with van der Waals surface area (Å²) in [6.07, 6.45) is 3.58. The molecule has 0 saturated heterocycles. The van der Waals surface area contributed by atoms with E-state index in [0.29, 0.717) is 43.3 Å². The van der Waals surface area contributed by atoms with E-state index >= 15 is 0 Å². The van der Waals surface area contributed by atoms with E-state index in [1.54, 1.807) is 21.6 Å². The number of hydrogen-bond donors (Lipinski definition) is 2. The molecule has 2 heterocycles. The molecule has 0 bridgehead atoms. The van der Waals surface area contributed by atoms with Gasteiger partial charge in [-0.15, -0.1) is 0 Å². The van der Waals surface area contributed by atoms with Crippen LogP contribution in [0.1, 0.15) is 66.2 Å². The minimum Gasteiger partial charge on any atom is -0.370 e. The summed E-state index contributed by atoms with van der Waals surface area (Å²) in [6.45, 7) is 5.29. The second-order valence-electron chi connectivity index (χ2n) is 9.83. The van der Waals surface area contributed by atoms with Crippen molar-refractivity contribution in [2.24, 2.45) is 5.73 Å². The van der Waals surface area contributed by atoms with Gasteiger partial charge < -0.3 is 20.5 Å². The molecular formula is C24H30ClN5O4S. The normalized spacial score (nSPS) is 17.6. The average molecular weight is 520 g/mol. The fourth-order valence-corrected chi connectivity index (χ4v) is 6.78. The summed E-state index contributed by atoms with van der Waals surface area (Å²) in [5, 5.41) is 3.46. The number of primary amides is 1. The molecule has 2 aromatic rings. The summed E-state index contributed by atoms with van der Waals surface area (Å²) in [5.74, 6) is -0.797. The molecule has 1 atom stereocenters. The Morgan fingerprint density at radius 2 is 1.91 bits per heavy atom. The summed E-state index contributed by atoms with van der Waals surface area (Å²) in [7, 11) is -1.24. The molecule has 1 unspecified atom stereocenters. The van der Waals surface area contributed by atoms with Crippen molar-refractivity contribution in [1.82, 2.24) is 19.8 Å². The summed E-state index contributed by atoms with van der Waals surface area (Å²) < 4.78 is 14.0. The Bertz CT molecular complexity index is 1170. The number of carbonyl (C=O) groups excluding carboxylic acids is 3. The maximum absolute atomic E-state index is 13.4. The highest BCUT2D eigenvalue weighted by molar-refractivity contribution is 7.88. The lowest BCUT2D eigenvalue weighted by Crippen LogP contribution is -2.49. The van der Waals surface area contributed by atoms with Gasteiger partial charge in [0, 0.05) is 53.2 Å². The highest BCUT2D eigenvalue weighted by atomic mass is 35.5. The Hall–Kier alpha value is -2.72. The van der Waals surface area contributed by atoms with Gasteiger partial charge in [0.2, 0.25) is 5.91 Å². The molecule has 0 spiro atoms. The number of aromatic nitrogens is 2. The standard InChI is InChI=1S/C24H30ClN5O4S/c1-23(2,8-7-19(26)31)35(34)24(9-10-24)15-29-11-12-30-18(22(29)33)14-27-20(30)21(32)28-13-16-3-5-17(25)6-4-16/h3-6,14H,7-13,15H2,1-2H3,(H2,26,31)(H,28,32). The van der Waals surface area contributed by atoms with Crippen molar-refractivity contribution in [2.75, 3.05) is 13.1 Å². The number of nitrogens with zero attached hydrogens (tertiary/aromatic N) is 3. The summed E-state index contributed by atoms with van der Waals surface area (Å²) in [6, 6.07) is 7.17. The Balaban J connectivity index is 1.41. The van der Waals surface area contributed by atoms with Crippen LogP contribution < -0.4 is 11.1 Å². The highest BCUT2D eigenvalue weighted by Gasteiger charge is 2.54. The fraction of sp³-hybridized carbons (Fsp3) is 0.500. The number of carbonyl (C=O) groups is 3. The number of rotatable bonds is 10. The molecule has 1 fully saturated rings. The molecule has 11 heteroatoms. The van der Waals surface area contributed by atoms with E-state index in [-0.39, 0.29) is 24.1 Å². The van der Waals surface area contributed by atoms with Gasteiger partial charge in [0.1, 0.15) is 5.69 Å². The predicted octanol–water partition coefficient (Wildman–Crippen LogP) is 2.25. The monoisotopic (exact) mass is 519 g/mol. The third-order valence-electron chi connectivity index (χ3n) is 6.68. The number of hydrogen-bond acceptors (Lipinski definition) is 5. The number of fused-ring (bicyclic) bond motifs is 1. The maximum atomic E-state index is 13.4. The number of benzene rings is 1. The lowest BCUT2D eigenvalue weighted by molar-refractivity contribution is -0.118. The quantitative estimate of drug-likeness (QED) is 0.497. The van der Waals surface area contributed by atoms with E-state index in [0.717, 1.165) is 18.4 Å². The molecule has 2 aliphatic rings. The minimum absolute atomic E-state index is 0.180. The molecule has 1 saturated carbocycles. The number of amides is 3. The van der Waals surface area contributed by atoms with Crippen LogP contribution in [-0.2, 0) is 28.7 Å². The number of nitrogens with one attached hydrogen (secondary N) is 1. The first-order chi connectivity index (χ1) is 16.5. The van der Waals surface area contributed by atoms with Crippen molar-refractivity contribution < 1.29 is 18.6 Å². The van der Waals surface area contributed by atoms with Crippen LogP contribution in [0.25, 0.3) is 0 Å². The molecule has 9 nitrogen and oxygen atoms in total. The van der Waals surface area contributed by atoms with Crippen LogP contribution in [0.3, 0.4) is 0 Å². The Morgan fingerprint density at radius 3 is 2.54 bits per heavy atom. The first kappa shape index (κ1) is 25.4. The van der Waals surface area contributed by atoms with Crippen molar-refractivity contribution in [3.8, 4) is 0 Å². The summed E-state index contributed by atoms with van der Waals surface area (Å²) >= 11 is 5.90. The Morgan fingerprint density at radius 1 is 1.23 bits per heavy atom. The van der Waals surface area contributed by atoms with Gasteiger partial charge in [-0.1, -0.05) is 23.7 Å². The van der Waals surface area contributed by atoms with Crippen LogP contribution >= 0.6 is 11.6 Å². The smallest absolute Gasteiger partial charge is 0.287 e. The van der Waals surface area contributed by atoms with Crippen LogP contribution in [0.2, 0.25) is 5.02 Å². The molecule has 4 rings (SSSR count). The molecular weight excluding hydrogens is 490 g/mol. The zero-order valence-corrected chi connectivity index (χ0v) is 21.5. The van der Waals surface area contributed by atoms with E-state index < -0.39 is 26.2 Å². The minimum atomic E-state index is -1.24. The van der Waals surface area contributed by atoms with E-state index in [4.69, 9.17) is 17.3 Å². The lowest BCUT2D eigenvalue weighted by Gasteiger charge is -2.35. The van der Waals surface area contributed by atoms with Gasteiger partial charge in [-0.25, -0.2) is 4.98 Å². The highest BCUT2D eigenvalue weighted by Crippen LogP contribution is 2.47. The molecule has 1 aromatic heterocycles. The largest absolute Gasteiger partial charge is 0.370 e. The maximum Gasteiger partial charge on any atom is 0.287 e. The van der Waals surface area contributed by atoms with Gasteiger partial charge in [-0.3, -0.25) is 18.6 Å². The Kier molecular flexibility index (Phi) is 7.06. The molecule has 0 radical (unpaired) electrons. The van der Waals surface area contributed by atoms with Gasteiger partial charge >= 0.3 is 0 Å². The molecule has 3 N–H and O–H groups in total. The van der Waals surface area contributed by atoms with Crippen molar-refractivity contribution in [3.05, 3.63) is 52.6 Å². The van der Waals surface area contributed by atoms with Gasteiger partial charge in [0.05, 0.1) is 10.9 Å². The number of nitrogens with two attached hydrogens (primary N) is 1. The van der Waals surface area contributed by atoms with Crippen LogP contribution in [-0.4, -0.2) is 59.0 Å². The third kappa shape index (κ3) is 5.43. The number of halogens is 1. The molecule has 3 amide bonds. The summed E-state index contributed by atoms with van der Waals surface area (Å²) in [4.78, 5) is 43.1. The van der Waals surface area contributed by atoms with Crippen molar-refractivity contribution >= 4 is 40.1 Å². The summed E-state index contributed by atoms with van der Waals surface area (Å²) in [5.41, 5.74) is 6.53. The number of imidazole rings is 1. The van der Waals surface area contributed by atoms with Crippen LogP contribution in [0.4, 0.5) is 0 Å². The molecule has 188 valence electrons. The van der Waals surface area contributed by atoms with Gasteiger partial charge in [-0.05, 0) is 50.8 Å². The van der Waals surface area contributed by atoms with E-state index in [1.165, 1.54) is 6.20 Å². The molecule has 1 aliphatic carbocycles. The molecule has 35 heavy (non-hydrogen) atoms. The topological polar surface area (TPSA) is 127 Å². The fourth-order valence-electron chi connectivity index (χ4n) is 4.45. The first-order valence-corrected chi connectivity index (χ1v) is 13.1. The second-order valence-corrected chi connectivity index (χ2v) is 12.8. The van der Waals surface area contributed by atoms with Gasteiger partial charge in [0.15, 0.2) is 5.82 Å². The van der Waals surface area contributed by atoms with Gasteiger partial charge in [-0.2, -0.15) is 0 Å². The third-order valence-corrected chi connectivity index (χ3v) is 9.46. The zero-order valence-electron chi connectivity index (χ0n) is 19.9. The van der Waals surface area contributed by atoms with Crippen molar-refractivity contribution in [2.45, 2.75) is 62.1 Å². The van der Waals surface area contributed by atoms with E-state index in [2.05, 4.69) is 10.3 Å². The van der Waals surface area contributed by atoms with E-state index in [9.17, 15) is 18.6 Å². The zero-order chi connectivity index (χ0) is 25.4. The lowest BCUT2D eigenvalue weighted by atomic mass is 10.1. The SMILES string of the molecule is CC(C)(CCC(N)=O)S(=O)C1(CN2CCn3c(cnc3C(=O)NCc3ccc(Cl)cc3)C2=O)CC1.